The van der Waals surface area contributed by atoms with Gasteiger partial charge in [0.2, 0.25) is 0 Å². The van der Waals surface area contributed by atoms with E-state index in [1.807, 2.05) is 0 Å². The normalized spacial score (nSPS) is 27.7. The third-order valence-electron chi connectivity index (χ3n) is 7.00. The summed E-state index contributed by atoms with van der Waals surface area (Å²) in [6.07, 6.45) is 3.70. The van der Waals surface area contributed by atoms with E-state index in [9.17, 15) is 4.79 Å². The van der Waals surface area contributed by atoms with Crippen LogP contribution in [0.1, 0.15) is 56.9 Å². The molecule has 0 bridgehead atoms. The molecule has 3 nitrogen and oxygen atoms in total. The van der Waals surface area contributed by atoms with Crippen LogP contribution in [0.3, 0.4) is 0 Å². The van der Waals surface area contributed by atoms with Gasteiger partial charge in [0.1, 0.15) is 5.78 Å². The van der Waals surface area contributed by atoms with E-state index in [1.165, 1.54) is 28.1 Å². The van der Waals surface area contributed by atoms with Gasteiger partial charge in [-0.1, -0.05) is 45.0 Å². The van der Waals surface area contributed by atoms with Crippen LogP contribution in [0, 0.1) is 18.3 Å². The number of carbonyl (C=O) groups excluding carboxylic acids is 1. The number of hydrogen-bond donors (Lipinski definition) is 0. The largest absolute Gasteiger partial charge is 0.299 e. The molecule has 1 fully saturated rings. The standard InChI is InChI=1S/C22H28N2O/c1-14-8-6-7-9-15(14)19-16-10-11-17-21(2,3)18(25)12-13-22(17,4)20(16)23-24(19)5/h6-9,17H,10-13H2,1-5H3/t17-,22-/m0/s1. The Kier molecular flexibility index (Phi) is 3.51. The number of ketones is 1. The zero-order valence-electron chi connectivity index (χ0n) is 16.0. The van der Waals surface area contributed by atoms with Crippen molar-refractivity contribution < 1.29 is 4.79 Å². The maximum absolute atomic E-state index is 12.5. The van der Waals surface area contributed by atoms with Crippen molar-refractivity contribution in [3.63, 3.8) is 0 Å². The second-order valence-corrected chi connectivity index (χ2v) is 8.77. The molecule has 0 spiro atoms. The topological polar surface area (TPSA) is 34.9 Å². The van der Waals surface area contributed by atoms with Gasteiger partial charge in [0, 0.05) is 35.4 Å². The number of aryl methyl sites for hydroxylation is 2. The fraction of sp³-hybridized carbons (Fsp3) is 0.545. The van der Waals surface area contributed by atoms with E-state index in [0.29, 0.717) is 18.1 Å². The van der Waals surface area contributed by atoms with Gasteiger partial charge in [-0.05, 0) is 37.7 Å². The van der Waals surface area contributed by atoms with E-state index in [-0.39, 0.29) is 10.8 Å². The van der Waals surface area contributed by atoms with Crippen LogP contribution in [0.2, 0.25) is 0 Å². The van der Waals surface area contributed by atoms with Gasteiger partial charge in [-0.15, -0.1) is 0 Å². The Morgan fingerprint density at radius 2 is 1.88 bits per heavy atom. The SMILES string of the molecule is Cc1ccccc1-c1c2c(nn1C)[C@@]1(C)CCC(=O)C(C)(C)[C@@H]1CC2. The third kappa shape index (κ3) is 2.17. The highest BCUT2D eigenvalue weighted by atomic mass is 16.1. The van der Waals surface area contributed by atoms with Crippen molar-refractivity contribution in [1.29, 1.82) is 0 Å². The van der Waals surface area contributed by atoms with Gasteiger partial charge in [0.15, 0.2) is 0 Å². The monoisotopic (exact) mass is 336 g/mol. The zero-order chi connectivity index (χ0) is 18.0. The number of fused-ring (bicyclic) bond motifs is 3. The molecule has 25 heavy (non-hydrogen) atoms. The fourth-order valence-electron chi connectivity index (χ4n) is 5.55. The third-order valence-corrected chi connectivity index (χ3v) is 7.00. The molecule has 2 aromatic rings. The summed E-state index contributed by atoms with van der Waals surface area (Å²) in [5, 5.41) is 5.02. The summed E-state index contributed by atoms with van der Waals surface area (Å²) in [6.45, 7) is 8.81. The Morgan fingerprint density at radius 3 is 2.60 bits per heavy atom. The lowest BCUT2D eigenvalue weighted by atomic mass is 9.51. The Morgan fingerprint density at radius 1 is 1.16 bits per heavy atom. The molecule has 0 amide bonds. The first-order valence-corrected chi connectivity index (χ1v) is 9.42. The smallest absolute Gasteiger partial charge is 0.138 e. The summed E-state index contributed by atoms with van der Waals surface area (Å²) < 4.78 is 2.07. The number of hydrogen-bond acceptors (Lipinski definition) is 2. The van der Waals surface area contributed by atoms with Crippen molar-refractivity contribution in [2.75, 3.05) is 0 Å². The van der Waals surface area contributed by atoms with Crippen molar-refractivity contribution >= 4 is 5.78 Å². The van der Waals surface area contributed by atoms with Crippen molar-refractivity contribution in [3.05, 3.63) is 41.1 Å². The van der Waals surface area contributed by atoms with Crippen LogP contribution < -0.4 is 0 Å². The van der Waals surface area contributed by atoms with Gasteiger partial charge in [0.25, 0.3) is 0 Å². The predicted octanol–water partition coefficient (Wildman–Crippen LogP) is 4.60. The van der Waals surface area contributed by atoms with E-state index < -0.39 is 0 Å². The molecule has 2 atom stereocenters. The number of Topliss-reactive ketones (excluding diaryl/α,β-unsaturated/α-hetero) is 1. The van der Waals surface area contributed by atoms with Crippen LogP contribution in [-0.4, -0.2) is 15.6 Å². The average molecular weight is 336 g/mol. The van der Waals surface area contributed by atoms with Crippen molar-refractivity contribution in [1.82, 2.24) is 9.78 Å². The number of rotatable bonds is 1. The lowest BCUT2D eigenvalue weighted by molar-refractivity contribution is -0.137. The first-order chi connectivity index (χ1) is 11.8. The molecule has 132 valence electrons. The molecule has 2 aliphatic rings. The van der Waals surface area contributed by atoms with Gasteiger partial charge in [-0.2, -0.15) is 5.10 Å². The van der Waals surface area contributed by atoms with Gasteiger partial charge >= 0.3 is 0 Å². The summed E-state index contributed by atoms with van der Waals surface area (Å²) in [4.78, 5) is 12.5. The highest BCUT2D eigenvalue weighted by Gasteiger charge is 2.55. The number of aromatic nitrogens is 2. The molecule has 2 aliphatic carbocycles. The lowest BCUT2D eigenvalue weighted by Crippen LogP contribution is -2.52. The molecule has 1 saturated carbocycles. The molecule has 4 rings (SSSR count). The number of carbonyl (C=O) groups is 1. The predicted molar refractivity (Wildman–Crippen MR) is 101 cm³/mol. The quantitative estimate of drug-likeness (QED) is 0.762. The zero-order valence-corrected chi connectivity index (χ0v) is 16.0. The van der Waals surface area contributed by atoms with E-state index in [0.717, 1.165) is 19.3 Å². The second kappa shape index (κ2) is 5.30. The number of nitrogens with zero attached hydrogens (tertiary/aromatic N) is 2. The Balaban J connectivity index is 1.90. The van der Waals surface area contributed by atoms with E-state index in [1.54, 1.807) is 0 Å². The summed E-state index contributed by atoms with van der Waals surface area (Å²) >= 11 is 0. The summed E-state index contributed by atoms with van der Waals surface area (Å²) in [7, 11) is 2.07. The minimum Gasteiger partial charge on any atom is -0.299 e. The van der Waals surface area contributed by atoms with Crippen molar-refractivity contribution in [2.45, 2.75) is 58.8 Å². The molecule has 0 aliphatic heterocycles. The second-order valence-electron chi connectivity index (χ2n) is 8.77. The molecule has 0 N–H and O–H groups in total. The first-order valence-electron chi connectivity index (χ1n) is 9.42. The molecule has 0 unspecified atom stereocenters. The molecular formula is C22H28N2O. The molecular weight excluding hydrogens is 308 g/mol. The highest BCUT2D eigenvalue weighted by Crippen LogP contribution is 2.56. The van der Waals surface area contributed by atoms with Crippen molar-refractivity contribution in [2.24, 2.45) is 18.4 Å². The minimum atomic E-state index is -0.245. The molecule has 1 aromatic carbocycles. The van der Waals surface area contributed by atoms with Crippen LogP contribution in [0.25, 0.3) is 11.3 Å². The van der Waals surface area contributed by atoms with Crippen LogP contribution in [0.5, 0.6) is 0 Å². The lowest BCUT2D eigenvalue weighted by Gasteiger charge is -2.51. The van der Waals surface area contributed by atoms with Gasteiger partial charge in [0.05, 0.1) is 11.4 Å². The molecule has 3 heteroatoms. The molecule has 0 radical (unpaired) electrons. The van der Waals surface area contributed by atoms with Gasteiger partial charge in [-0.3, -0.25) is 9.48 Å². The van der Waals surface area contributed by atoms with Crippen LogP contribution in [0.15, 0.2) is 24.3 Å². The van der Waals surface area contributed by atoms with Crippen LogP contribution in [-0.2, 0) is 23.7 Å². The number of benzene rings is 1. The van der Waals surface area contributed by atoms with E-state index >= 15 is 0 Å². The maximum Gasteiger partial charge on any atom is 0.138 e. The highest BCUT2D eigenvalue weighted by molar-refractivity contribution is 5.86. The summed E-state index contributed by atoms with van der Waals surface area (Å²) in [5.74, 6) is 0.807. The Bertz CT molecular complexity index is 861. The summed E-state index contributed by atoms with van der Waals surface area (Å²) in [5.41, 5.74) is 6.24. The summed E-state index contributed by atoms with van der Waals surface area (Å²) in [6, 6.07) is 8.57. The first kappa shape index (κ1) is 16.6. The van der Waals surface area contributed by atoms with Crippen LogP contribution >= 0.6 is 0 Å². The minimum absolute atomic E-state index is 0.00366. The van der Waals surface area contributed by atoms with Crippen molar-refractivity contribution in [3.8, 4) is 11.3 Å². The van der Waals surface area contributed by atoms with E-state index in [2.05, 4.69) is 63.7 Å². The Hall–Kier alpha value is -1.90. The average Bonchev–Trinajstić information content (AvgIpc) is 2.90. The molecule has 0 saturated heterocycles. The molecule has 1 heterocycles. The maximum atomic E-state index is 12.5. The molecule has 1 aromatic heterocycles. The van der Waals surface area contributed by atoms with Crippen LogP contribution in [0.4, 0.5) is 0 Å². The van der Waals surface area contributed by atoms with Gasteiger partial charge < -0.3 is 0 Å². The van der Waals surface area contributed by atoms with Gasteiger partial charge in [-0.25, -0.2) is 0 Å². The fourth-order valence-corrected chi connectivity index (χ4v) is 5.55. The van der Waals surface area contributed by atoms with E-state index in [4.69, 9.17) is 5.10 Å². The Labute approximate surface area is 150 Å².